The van der Waals surface area contributed by atoms with Gasteiger partial charge in [-0.05, 0) is 74.8 Å². The average molecular weight is 540 g/mol. The van der Waals surface area contributed by atoms with Crippen molar-refractivity contribution in [3.63, 3.8) is 0 Å². The molecular formula is C27H23Cl2N3O3S. The van der Waals surface area contributed by atoms with E-state index in [9.17, 15) is 10.4 Å². The predicted octanol–water partition coefficient (Wildman–Crippen LogP) is 7.03. The summed E-state index contributed by atoms with van der Waals surface area (Å²) >= 11 is 14.3. The van der Waals surface area contributed by atoms with Crippen LogP contribution in [-0.2, 0) is 16.9 Å². The summed E-state index contributed by atoms with van der Waals surface area (Å²) in [5.74, 6) is 0.805. The molecule has 2 saturated carbocycles. The van der Waals surface area contributed by atoms with E-state index in [1.807, 2.05) is 19.1 Å². The van der Waals surface area contributed by atoms with E-state index in [2.05, 4.69) is 11.2 Å². The minimum Gasteiger partial charge on any atom is -0.382 e. The standard InChI is InChI=1S/C27H23Cl2N3O3S/c1-14-19(25(32-35-14)24-20(28)3-2-4-21(24)29)13-34-18-10-16-6-7-17(11-18)27(16,33)26-31-22-8-5-15(12-30)9-23(22)36-26/h2-5,8-9,16-18,33H,6-7,10-11,13H2,1H3/t16-,17+,18-,27+. The van der Waals surface area contributed by atoms with Crippen LogP contribution in [0.5, 0.6) is 0 Å². The summed E-state index contributed by atoms with van der Waals surface area (Å²) in [6.07, 6.45) is 3.38. The number of halogens is 2. The topological polar surface area (TPSA) is 92.2 Å². The fourth-order valence-electron chi connectivity index (χ4n) is 5.84. The Labute approximate surface area is 222 Å². The van der Waals surface area contributed by atoms with Crippen molar-refractivity contribution in [1.29, 1.82) is 5.26 Å². The number of ether oxygens (including phenoxy) is 1. The van der Waals surface area contributed by atoms with Gasteiger partial charge in [-0.1, -0.05) is 34.4 Å². The van der Waals surface area contributed by atoms with Gasteiger partial charge >= 0.3 is 0 Å². The predicted molar refractivity (Wildman–Crippen MR) is 139 cm³/mol. The van der Waals surface area contributed by atoms with Crippen molar-refractivity contribution in [2.75, 3.05) is 0 Å². The zero-order chi connectivity index (χ0) is 25.0. The van der Waals surface area contributed by atoms with Gasteiger partial charge < -0.3 is 14.4 Å². The smallest absolute Gasteiger partial charge is 0.139 e. The largest absolute Gasteiger partial charge is 0.382 e. The quantitative estimate of drug-likeness (QED) is 0.292. The minimum atomic E-state index is -0.959. The molecule has 0 spiro atoms. The summed E-state index contributed by atoms with van der Waals surface area (Å²) in [7, 11) is 0. The number of aryl methyl sites for hydroxylation is 1. The maximum absolute atomic E-state index is 11.9. The van der Waals surface area contributed by atoms with Gasteiger partial charge in [0.2, 0.25) is 0 Å². The number of aromatic nitrogens is 2. The summed E-state index contributed by atoms with van der Waals surface area (Å²) in [6, 6.07) is 13.0. The number of benzene rings is 2. The Bertz CT molecular complexity index is 1470. The zero-order valence-electron chi connectivity index (χ0n) is 19.5. The molecule has 2 aromatic carbocycles. The summed E-state index contributed by atoms with van der Waals surface area (Å²) < 4.78 is 12.8. The van der Waals surface area contributed by atoms with E-state index in [4.69, 9.17) is 37.4 Å². The van der Waals surface area contributed by atoms with E-state index in [1.54, 1.807) is 24.3 Å². The average Bonchev–Trinajstić information content (AvgIpc) is 3.49. The lowest BCUT2D eigenvalue weighted by Crippen LogP contribution is -2.44. The molecule has 2 fully saturated rings. The Balaban J connectivity index is 1.21. The van der Waals surface area contributed by atoms with E-state index < -0.39 is 5.60 Å². The molecule has 2 aliphatic carbocycles. The van der Waals surface area contributed by atoms with Crippen molar-refractivity contribution in [3.8, 4) is 17.3 Å². The first-order valence-electron chi connectivity index (χ1n) is 11.9. The first-order valence-corrected chi connectivity index (χ1v) is 13.5. The molecule has 2 heterocycles. The van der Waals surface area contributed by atoms with Gasteiger partial charge in [-0.2, -0.15) is 5.26 Å². The molecule has 0 unspecified atom stereocenters. The molecule has 4 atom stereocenters. The summed E-state index contributed by atoms with van der Waals surface area (Å²) in [5.41, 5.74) is 2.55. The van der Waals surface area contributed by atoms with Crippen molar-refractivity contribution in [3.05, 3.63) is 68.3 Å². The van der Waals surface area contributed by atoms with Crippen LogP contribution in [0.3, 0.4) is 0 Å². The molecule has 6 rings (SSSR count). The van der Waals surface area contributed by atoms with Crippen molar-refractivity contribution in [1.82, 2.24) is 10.1 Å². The third kappa shape index (κ3) is 3.84. The molecule has 0 amide bonds. The first kappa shape index (κ1) is 23.9. The fraction of sp³-hybridized carbons (Fsp3) is 0.370. The number of thiazole rings is 1. The second-order valence-corrected chi connectivity index (χ2v) is 11.5. The monoisotopic (exact) mass is 539 g/mol. The second kappa shape index (κ2) is 9.13. The maximum atomic E-state index is 11.9. The fourth-order valence-corrected chi connectivity index (χ4v) is 7.67. The van der Waals surface area contributed by atoms with Gasteiger partial charge in [0.1, 0.15) is 22.1 Å². The highest BCUT2D eigenvalue weighted by atomic mass is 35.5. The lowest BCUT2D eigenvalue weighted by molar-refractivity contribution is -0.116. The Morgan fingerprint density at radius 1 is 1.19 bits per heavy atom. The molecule has 2 bridgehead atoms. The third-order valence-electron chi connectivity index (χ3n) is 7.71. The molecule has 36 heavy (non-hydrogen) atoms. The first-order chi connectivity index (χ1) is 17.4. The number of nitrogens with zero attached hydrogens (tertiary/aromatic N) is 3. The molecule has 4 aromatic rings. The van der Waals surface area contributed by atoms with Crippen LogP contribution in [0, 0.1) is 30.1 Å². The SMILES string of the molecule is Cc1onc(-c2c(Cl)cccc2Cl)c1CO[C@@H]1C[C@H]2CC[C@@H](C1)[C@]2(O)c1nc2ccc(C#N)cc2s1. The van der Waals surface area contributed by atoms with E-state index in [-0.39, 0.29) is 17.9 Å². The van der Waals surface area contributed by atoms with Gasteiger partial charge in [0.05, 0.1) is 44.6 Å². The van der Waals surface area contributed by atoms with Crippen molar-refractivity contribution in [2.24, 2.45) is 11.8 Å². The van der Waals surface area contributed by atoms with Crippen LogP contribution >= 0.6 is 34.5 Å². The Hall–Kier alpha value is -2.47. The van der Waals surface area contributed by atoms with Gasteiger partial charge in [-0.15, -0.1) is 11.3 Å². The molecule has 6 nitrogen and oxygen atoms in total. The molecule has 0 aliphatic heterocycles. The van der Waals surface area contributed by atoms with E-state index in [0.717, 1.165) is 46.5 Å². The van der Waals surface area contributed by atoms with Crippen LogP contribution < -0.4 is 0 Å². The van der Waals surface area contributed by atoms with Crippen LogP contribution in [0.15, 0.2) is 40.9 Å². The highest BCUT2D eigenvalue weighted by molar-refractivity contribution is 7.18. The Morgan fingerprint density at radius 2 is 1.92 bits per heavy atom. The highest BCUT2D eigenvalue weighted by Gasteiger charge is 2.56. The lowest BCUT2D eigenvalue weighted by atomic mass is 9.73. The van der Waals surface area contributed by atoms with Crippen LogP contribution in [0.1, 0.15) is 47.6 Å². The van der Waals surface area contributed by atoms with Gasteiger partial charge in [0, 0.05) is 11.1 Å². The van der Waals surface area contributed by atoms with Gasteiger partial charge in [-0.25, -0.2) is 4.98 Å². The molecule has 0 radical (unpaired) electrons. The Kier molecular flexibility index (Phi) is 6.06. The van der Waals surface area contributed by atoms with Gasteiger partial charge in [0.15, 0.2) is 0 Å². The van der Waals surface area contributed by atoms with Crippen LogP contribution in [0.2, 0.25) is 10.0 Å². The van der Waals surface area contributed by atoms with Crippen LogP contribution in [0.25, 0.3) is 21.5 Å². The molecule has 184 valence electrons. The number of hydrogen-bond donors (Lipinski definition) is 1. The second-order valence-electron chi connectivity index (χ2n) is 9.68. The lowest BCUT2D eigenvalue weighted by Gasteiger charge is -2.41. The normalized spacial score (nSPS) is 25.4. The molecule has 2 aromatic heterocycles. The van der Waals surface area contributed by atoms with Crippen LogP contribution in [0.4, 0.5) is 0 Å². The van der Waals surface area contributed by atoms with E-state index in [1.165, 1.54) is 11.3 Å². The Morgan fingerprint density at radius 3 is 2.61 bits per heavy atom. The van der Waals surface area contributed by atoms with Crippen molar-refractivity contribution >= 4 is 44.8 Å². The highest BCUT2D eigenvalue weighted by Crippen LogP contribution is 2.56. The molecular weight excluding hydrogens is 517 g/mol. The zero-order valence-corrected chi connectivity index (χ0v) is 21.8. The number of nitriles is 1. The summed E-state index contributed by atoms with van der Waals surface area (Å²) in [5, 5.41) is 27.1. The van der Waals surface area contributed by atoms with Crippen LogP contribution in [-0.4, -0.2) is 21.4 Å². The third-order valence-corrected chi connectivity index (χ3v) is 9.50. The maximum Gasteiger partial charge on any atom is 0.139 e. The summed E-state index contributed by atoms with van der Waals surface area (Å²) in [4.78, 5) is 4.78. The number of aliphatic hydroxyl groups is 1. The summed E-state index contributed by atoms with van der Waals surface area (Å²) in [6.45, 7) is 2.18. The van der Waals surface area contributed by atoms with E-state index in [0.29, 0.717) is 39.2 Å². The van der Waals surface area contributed by atoms with Crippen molar-refractivity contribution < 1.29 is 14.4 Å². The molecule has 9 heteroatoms. The minimum absolute atomic E-state index is 0.00575. The molecule has 2 aliphatic rings. The van der Waals surface area contributed by atoms with E-state index >= 15 is 0 Å². The number of hydrogen-bond acceptors (Lipinski definition) is 7. The molecule has 0 saturated heterocycles. The number of fused-ring (bicyclic) bond motifs is 3. The number of rotatable bonds is 5. The van der Waals surface area contributed by atoms with Gasteiger partial charge in [-0.3, -0.25) is 0 Å². The van der Waals surface area contributed by atoms with Crippen molar-refractivity contribution in [2.45, 2.75) is 50.9 Å². The molecule has 1 N–H and O–H groups in total. The van der Waals surface area contributed by atoms with Gasteiger partial charge in [0.25, 0.3) is 0 Å².